The highest BCUT2D eigenvalue weighted by atomic mass is 127. The van der Waals surface area contributed by atoms with E-state index in [0.717, 1.165) is 26.0 Å². The number of aliphatic imine (C=N–C) groups is 1. The highest BCUT2D eigenvalue weighted by Gasteiger charge is 2.33. The number of rotatable bonds is 7. The number of hydrogen-bond acceptors (Lipinski definition) is 2. The maximum absolute atomic E-state index is 5.92. The summed E-state index contributed by atoms with van der Waals surface area (Å²) in [6, 6.07) is 0.396. The molecule has 1 aliphatic rings. The van der Waals surface area contributed by atoms with Crippen molar-refractivity contribution < 1.29 is 4.74 Å². The fraction of sp³-hybridized carbons (Fsp3) is 0.929. The van der Waals surface area contributed by atoms with Gasteiger partial charge in [0.05, 0.1) is 0 Å². The van der Waals surface area contributed by atoms with Crippen molar-refractivity contribution in [2.75, 3.05) is 20.3 Å². The Kier molecular flexibility index (Phi) is 9.78. The van der Waals surface area contributed by atoms with Crippen molar-refractivity contribution in [2.45, 2.75) is 58.4 Å². The van der Waals surface area contributed by atoms with E-state index in [9.17, 15) is 0 Å². The SMILES string of the molecule is CCC(C)NC(N)=NCC1(CCOC)CCCC1.I. The minimum Gasteiger partial charge on any atom is -0.385 e. The fourth-order valence-corrected chi connectivity index (χ4v) is 2.58. The maximum Gasteiger partial charge on any atom is 0.188 e. The Morgan fingerprint density at radius 1 is 1.42 bits per heavy atom. The molecule has 3 N–H and O–H groups in total. The van der Waals surface area contributed by atoms with Crippen LogP contribution in [0.3, 0.4) is 0 Å². The third-order valence-corrected chi connectivity index (χ3v) is 4.09. The van der Waals surface area contributed by atoms with Crippen molar-refractivity contribution >= 4 is 29.9 Å². The van der Waals surface area contributed by atoms with Crippen molar-refractivity contribution in [3.05, 3.63) is 0 Å². The number of nitrogens with two attached hydrogens (primary N) is 1. The lowest BCUT2D eigenvalue weighted by Crippen LogP contribution is -2.39. The zero-order chi connectivity index (χ0) is 13.4. The van der Waals surface area contributed by atoms with E-state index in [1.165, 1.54) is 25.7 Å². The number of nitrogens with zero attached hydrogens (tertiary/aromatic N) is 1. The molecule has 19 heavy (non-hydrogen) atoms. The van der Waals surface area contributed by atoms with Crippen LogP contribution in [0.2, 0.25) is 0 Å². The summed E-state index contributed by atoms with van der Waals surface area (Å²) in [5, 5.41) is 3.22. The summed E-state index contributed by atoms with van der Waals surface area (Å²) in [6.07, 6.45) is 7.32. The first kappa shape index (κ1) is 19.0. The van der Waals surface area contributed by atoms with Crippen LogP contribution in [0.4, 0.5) is 0 Å². The van der Waals surface area contributed by atoms with Crippen molar-refractivity contribution in [2.24, 2.45) is 16.1 Å². The largest absolute Gasteiger partial charge is 0.385 e. The number of guanidine groups is 1. The molecule has 114 valence electrons. The predicted octanol–water partition coefficient (Wildman–Crippen LogP) is 2.90. The fourth-order valence-electron chi connectivity index (χ4n) is 2.58. The van der Waals surface area contributed by atoms with E-state index in [-0.39, 0.29) is 24.0 Å². The molecule has 0 saturated heterocycles. The van der Waals surface area contributed by atoms with Gasteiger partial charge < -0.3 is 15.8 Å². The third-order valence-electron chi connectivity index (χ3n) is 4.09. The molecule has 0 bridgehead atoms. The topological polar surface area (TPSA) is 59.6 Å². The van der Waals surface area contributed by atoms with Crippen LogP contribution in [0.25, 0.3) is 0 Å². The molecule has 1 rings (SSSR count). The monoisotopic (exact) mass is 383 g/mol. The molecule has 0 spiro atoms. The Morgan fingerprint density at radius 2 is 2.05 bits per heavy atom. The molecule has 0 radical (unpaired) electrons. The van der Waals surface area contributed by atoms with Crippen LogP contribution in [0.1, 0.15) is 52.4 Å². The average Bonchev–Trinajstić information content (AvgIpc) is 2.83. The smallest absolute Gasteiger partial charge is 0.188 e. The first-order chi connectivity index (χ1) is 8.62. The molecule has 1 atom stereocenters. The van der Waals surface area contributed by atoms with Crippen LogP contribution in [0.5, 0.6) is 0 Å². The highest BCUT2D eigenvalue weighted by molar-refractivity contribution is 14.0. The van der Waals surface area contributed by atoms with Gasteiger partial charge in [-0.3, -0.25) is 4.99 Å². The number of hydrogen-bond donors (Lipinski definition) is 2. The van der Waals surface area contributed by atoms with Crippen LogP contribution in [0, 0.1) is 5.41 Å². The van der Waals surface area contributed by atoms with E-state index < -0.39 is 0 Å². The lowest BCUT2D eigenvalue weighted by atomic mass is 9.83. The van der Waals surface area contributed by atoms with E-state index in [1.807, 2.05) is 0 Å². The summed E-state index contributed by atoms with van der Waals surface area (Å²) >= 11 is 0. The van der Waals surface area contributed by atoms with Crippen molar-refractivity contribution in [1.29, 1.82) is 0 Å². The third kappa shape index (κ3) is 6.79. The van der Waals surface area contributed by atoms with Gasteiger partial charge in [0.1, 0.15) is 0 Å². The summed E-state index contributed by atoms with van der Waals surface area (Å²) in [5.41, 5.74) is 6.25. The molecular formula is C14H30IN3O. The van der Waals surface area contributed by atoms with E-state index in [2.05, 4.69) is 24.2 Å². The van der Waals surface area contributed by atoms with Crippen LogP contribution in [0.15, 0.2) is 4.99 Å². The highest BCUT2D eigenvalue weighted by Crippen LogP contribution is 2.41. The van der Waals surface area contributed by atoms with Gasteiger partial charge in [0, 0.05) is 26.3 Å². The summed E-state index contributed by atoms with van der Waals surface area (Å²) < 4.78 is 5.22. The van der Waals surface area contributed by atoms with E-state index >= 15 is 0 Å². The lowest BCUT2D eigenvalue weighted by molar-refractivity contribution is 0.141. The summed E-state index contributed by atoms with van der Waals surface area (Å²) in [7, 11) is 1.77. The van der Waals surface area contributed by atoms with E-state index in [0.29, 0.717) is 17.4 Å². The predicted molar refractivity (Wildman–Crippen MR) is 92.2 cm³/mol. The molecule has 1 fully saturated rings. The van der Waals surface area contributed by atoms with Crippen LogP contribution in [-0.4, -0.2) is 32.3 Å². The van der Waals surface area contributed by atoms with Gasteiger partial charge in [-0.1, -0.05) is 19.8 Å². The molecule has 0 aliphatic heterocycles. The summed E-state index contributed by atoms with van der Waals surface area (Å²) in [4.78, 5) is 4.55. The quantitative estimate of drug-likeness (QED) is 0.404. The van der Waals surface area contributed by atoms with Crippen LogP contribution in [-0.2, 0) is 4.74 Å². The van der Waals surface area contributed by atoms with Crippen molar-refractivity contribution in [3.63, 3.8) is 0 Å². The first-order valence-electron chi connectivity index (χ1n) is 7.17. The molecule has 1 unspecified atom stereocenters. The van der Waals surface area contributed by atoms with Crippen molar-refractivity contribution in [3.8, 4) is 0 Å². The Bertz CT molecular complexity index is 265. The average molecular weight is 383 g/mol. The minimum absolute atomic E-state index is 0. The summed E-state index contributed by atoms with van der Waals surface area (Å²) in [5.74, 6) is 0.591. The molecule has 0 heterocycles. The standard InChI is InChI=1S/C14H29N3O.HI/c1-4-12(2)17-13(15)16-11-14(9-10-18-3)7-5-6-8-14;/h12H,4-11H2,1-3H3,(H3,15,16,17);1H. The maximum atomic E-state index is 5.92. The zero-order valence-corrected chi connectivity index (χ0v) is 14.9. The van der Waals surface area contributed by atoms with Gasteiger partial charge in [0.25, 0.3) is 0 Å². The van der Waals surface area contributed by atoms with Crippen LogP contribution < -0.4 is 11.1 Å². The minimum atomic E-state index is 0. The van der Waals surface area contributed by atoms with Gasteiger partial charge in [-0.2, -0.15) is 0 Å². The summed E-state index contributed by atoms with van der Waals surface area (Å²) in [6.45, 7) is 5.93. The molecule has 0 aromatic heterocycles. The van der Waals surface area contributed by atoms with Gasteiger partial charge in [-0.05, 0) is 38.0 Å². The van der Waals surface area contributed by atoms with E-state index in [4.69, 9.17) is 10.5 Å². The van der Waals surface area contributed by atoms with E-state index in [1.54, 1.807) is 7.11 Å². The van der Waals surface area contributed by atoms with Crippen LogP contribution >= 0.6 is 24.0 Å². The number of methoxy groups -OCH3 is 1. The van der Waals surface area contributed by atoms with Gasteiger partial charge in [-0.15, -0.1) is 24.0 Å². The Balaban J connectivity index is 0.00000324. The molecule has 4 nitrogen and oxygen atoms in total. The normalized spacial score (nSPS) is 19.8. The van der Waals surface area contributed by atoms with Crippen molar-refractivity contribution in [1.82, 2.24) is 5.32 Å². The molecule has 0 aromatic rings. The molecule has 1 saturated carbocycles. The second kappa shape index (κ2) is 9.80. The second-order valence-electron chi connectivity index (χ2n) is 5.61. The Morgan fingerprint density at radius 3 is 2.58 bits per heavy atom. The molecule has 0 aromatic carbocycles. The lowest BCUT2D eigenvalue weighted by Gasteiger charge is -2.27. The second-order valence-corrected chi connectivity index (χ2v) is 5.61. The van der Waals surface area contributed by atoms with Gasteiger partial charge >= 0.3 is 0 Å². The Labute approximate surface area is 135 Å². The van der Waals surface area contributed by atoms with Gasteiger partial charge in [0.2, 0.25) is 0 Å². The van der Waals surface area contributed by atoms with Gasteiger partial charge in [-0.25, -0.2) is 0 Å². The number of ether oxygens (including phenoxy) is 1. The van der Waals surface area contributed by atoms with Gasteiger partial charge in [0.15, 0.2) is 5.96 Å². The molecule has 5 heteroatoms. The number of halogens is 1. The zero-order valence-electron chi connectivity index (χ0n) is 12.6. The Hall–Kier alpha value is -0.0400. The first-order valence-corrected chi connectivity index (χ1v) is 7.17. The molecule has 0 amide bonds. The molecule has 1 aliphatic carbocycles. The molecular weight excluding hydrogens is 353 g/mol. The number of nitrogens with one attached hydrogen (secondary N) is 1.